The van der Waals surface area contributed by atoms with Crippen molar-refractivity contribution in [3.63, 3.8) is 0 Å². The van der Waals surface area contributed by atoms with Gasteiger partial charge in [0.1, 0.15) is 24.0 Å². The van der Waals surface area contributed by atoms with Crippen LogP contribution in [0.5, 0.6) is 0 Å². The molecule has 11 heteroatoms. The zero-order chi connectivity index (χ0) is 22.8. The van der Waals surface area contributed by atoms with Gasteiger partial charge in [0, 0.05) is 12.1 Å². The molecule has 2 aromatic carbocycles. The molecule has 0 aliphatic heterocycles. The number of aromatic nitrogens is 1. The van der Waals surface area contributed by atoms with Crippen LogP contribution in [0.3, 0.4) is 0 Å². The molecule has 0 atom stereocenters. The van der Waals surface area contributed by atoms with Crippen LogP contribution in [0.2, 0.25) is 0 Å². The first-order valence-electron chi connectivity index (χ1n) is 9.42. The Morgan fingerprint density at radius 3 is 2.78 bits per heavy atom. The number of para-hydroxylation sites is 1. The molecule has 0 fully saturated rings. The number of nitro groups is 1. The molecule has 0 bridgehead atoms. The molecule has 0 N–H and O–H groups in total. The molecule has 4 rings (SSSR count). The van der Waals surface area contributed by atoms with Crippen molar-refractivity contribution < 1.29 is 23.7 Å². The fourth-order valence-corrected chi connectivity index (χ4v) is 4.18. The first-order chi connectivity index (χ1) is 15.4. The molecule has 0 spiro atoms. The number of esters is 1. The van der Waals surface area contributed by atoms with Crippen LogP contribution in [0.4, 0.5) is 5.69 Å². The fraction of sp³-hybridized carbons (Fsp3) is 0.143. The van der Waals surface area contributed by atoms with Gasteiger partial charge in [0.05, 0.1) is 27.1 Å². The van der Waals surface area contributed by atoms with Gasteiger partial charge < -0.3 is 13.7 Å². The van der Waals surface area contributed by atoms with E-state index in [-0.39, 0.29) is 34.6 Å². The predicted octanol–water partition coefficient (Wildman–Crippen LogP) is 3.02. The van der Waals surface area contributed by atoms with Gasteiger partial charge >= 0.3 is 5.97 Å². The van der Waals surface area contributed by atoms with Gasteiger partial charge in [-0.3, -0.25) is 24.5 Å². The third-order valence-electron chi connectivity index (χ3n) is 4.58. The lowest BCUT2D eigenvalue weighted by molar-refractivity contribution is -0.384. The van der Waals surface area contributed by atoms with Crippen molar-refractivity contribution >= 4 is 50.1 Å². The van der Waals surface area contributed by atoms with Crippen LogP contribution in [0.15, 0.2) is 62.9 Å². The maximum atomic E-state index is 12.8. The number of fused-ring (bicyclic) bond motifs is 2. The third-order valence-corrected chi connectivity index (χ3v) is 5.62. The molecule has 0 aliphatic rings. The summed E-state index contributed by atoms with van der Waals surface area (Å²) in [7, 11) is 0. The van der Waals surface area contributed by atoms with Crippen LogP contribution in [-0.4, -0.2) is 28.0 Å². The second-order valence-corrected chi connectivity index (χ2v) is 7.59. The van der Waals surface area contributed by atoms with E-state index in [2.05, 4.69) is 4.99 Å². The number of nitrogens with zero attached hydrogens (tertiary/aromatic N) is 3. The first kappa shape index (κ1) is 21.1. The molecule has 32 heavy (non-hydrogen) atoms. The molecule has 0 radical (unpaired) electrons. The number of ether oxygens (including phenoxy) is 1. The molecule has 0 saturated heterocycles. The molecule has 10 nitrogen and oxygen atoms in total. The maximum absolute atomic E-state index is 12.8. The first-order valence-corrected chi connectivity index (χ1v) is 10.2. The van der Waals surface area contributed by atoms with Gasteiger partial charge in [-0.2, -0.15) is 4.99 Å². The van der Waals surface area contributed by atoms with E-state index in [9.17, 15) is 24.5 Å². The smallest absolute Gasteiger partial charge is 0.326 e. The number of rotatable bonds is 5. The zero-order valence-electron chi connectivity index (χ0n) is 16.6. The Labute approximate surface area is 183 Å². The molecule has 162 valence electrons. The minimum atomic E-state index is -0.858. The quantitative estimate of drug-likeness (QED) is 0.257. The topological polar surface area (TPSA) is 134 Å². The lowest BCUT2D eigenvalue weighted by atomic mass is 10.2. The van der Waals surface area contributed by atoms with Gasteiger partial charge in [-0.1, -0.05) is 23.5 Å². The number of thiazole rings is 1. The lowest BCUT2D eigenvalue weighted by Gasteiger charge is -2.05. The number of hydrogen-bond acceptors (Lipinski definition) is 8. The summed E-state index contributed by atoms with van der Waals surface area (Å²) in [6.45, 7) is 1.56. The number of hydrogen-bond donors (Lipinski definition) is 0. The van der Waals surface area contributed by atoms with Gasteiger partial charge in [-0.15, -0.1) is 0 Å². The van der Waals surface area contributed by atoms with E-state index in [1.54, 1.807) is 25.1 Å². The van der Waals surface area contributed by atoms with E-state index >= 15 is 0 Å². The maximum Gasteiger partial charge on any atom is 0.326 e. The number of carbonyl (C=O) groups is 2. The Hall–Kier alpha value is -4.12. The summed E-state index contributed by atoms with van der Waals surface area (Å²) in [6, 6.07) is 10.6. The van der Waals surface area contributed by atoms with Crippen molar-refractivity contribution in [2.24, 2.45) is 4.99 Å². The highest BCUT2D eigenvalue weighted by molar-refractivity contribution is 7.16. The van der Waals surface area contributed by atoms with E-state index in [0.717, 1.165) is 17.6 Å². The van der Waals surface area contributed by atoms with Gasteiger partial charge in [0.25, 0.3) is 11.6 Å². The summed E-state index contributed by atoms with van der Waals surface area (Å²) in [6.07, 6.45) is 1.05. The van der Waals surface area contributed by atoms with E-state index in [1.807, 2.05) is 0 Å². The average Bonchev–Trinajstić information content (AvgIpc) is 3.10. The molecule has 0 saturated carbocycles. The lowest BCUT2D eigenvalue weighted by Crippen LogP contribution is -2.24. The third kappa shape index (κ3) is 3.93. The van der Waals surface area contributed by atoms with Gasteiger partial charge in [0.15, 0.2) is 4.80 Å². The molecule has 2 heterocycles. The van der Waals surface area contributed by atoms with Crippen LogP contribution < -0.4 is 10.2 Å². The number of nitro benzene ring substituents is 1. The summed E-state index contributed by atoms with van der Waals surface area (Å²) in [4.78, 5) is 52.3. The number of non-ortho nitro benzene ring substituents is 1. The van der Waals surface area contributed by atoms with Crippen molar-refractivity contribution in [2.75, 3.05) is 6.61 Å². The van der Waals surface area contributed by atoms with Crippen molar-refractivity contribution in [1.82, 2.24) is 4.57 Å². The molecule has 4 aromatic rings. The molecular weight excluding hydrogens is 438 g/mol. The Morgan fingerprint density at radius 2 is 2.03 bits per heavy atom. The van der Waals surface area contributed by atoms with Crippen LogP contribution in [0, 0.1) is 10.1 Å². The standard InChI is InChI=1S/C21H15N3O7S/c1-2-30-18(25)10-23-15-8-7-12(24(28)29)9-17(15)32-21(23)22-20(27)14-11-31-16-6-4-3-5-13(16)19(14)26/h3-9,11H,2,10H2,1H3. The number of carbonyl (C=O) groups excluding carboxylic acids is 2. The summed E-state index contributed by atoms with van der Waals surface area (Å²) < 4.78 is 12.2. The normalized spacial score (nSPS) is 11.7. The summed E-state index contributed by atoms with van der Waals surface area (Å²) >= 11 is 0.979. The van der Waals surface area contributed by atoms with Crippen LogP contribution in [0.25, 0.3) is 21.2 Å². The molecule has 1 amide bonds. The SMILES string of the molecule is CCOC(=O)Cn1c(=NC(=O)c2coc3ccccc3c2=O)sc2cc([N+](=O)[O-])ccc21. The van der Waals surface area contributed by atoms with E-state index in [4.69, 9.17) is 9.15 Å². The Balaban J connectivity index is 1.87. The average molecular weight is 453 g/mol. The number of amides is 1. The van der Waals surface area contributed by atoms with Gasteiger partial charge in [-0.05, 0) is 25.1 Å². The van der Waals surface area contributed by atoms with Crippen LogP contribution >= 0.6 is 11.3 Å². The molecule has 2 aromatic heterocycles. The second-order valence-electron chi connectivity index (χ2n) is 6.58. The fourth-order valence-electron chi connectivity index (χ4n) is 3.12. The van der Waals surface area contributed by atoms with Gasteiger partial charge in [-0.25, -0.2) is 0 Å². The Bertz CT molecular complexity index is 1510. The minimum absolute atomic E-state index is 0.0890. The van der Waals surface area contributed by atoms with Gasteiger partial charge in [0.2, 0.25) is 5.43 Å². The van der Waals surface area contributed by atoms with Crippen molar-refractivity contribution in [2.45, 2.75) is 13.5 Å². The van der Waals surface area contributed by atoms with Crippen molar-refractivity contribution in [3.8, 4) is 0 Å². The molecule has 0 aliphatic carbocycles. The van der Waals surface area contributed by atoms with Crippen molar-refractivity contribution in [1.29, 1.82) is 0 Å². The highest BCUT2D eigenvalue weighted by atomic mass is 32.1. The van der Waals surface area contributed by atoms with E-state index in [0.29, 0.717) is 15.8 Å². The number of benzene rings is 2. The summed E-state index contributed by atoms with van der Waals surface area (Å²) in [5, 5.41) is 11.3. The zero-order valence-corrected chi connectivity index (χ0v) is 17.5. The summed E-state index contributed by atoms with van der Waals surface area (Å²) in [5.41, 5.74) is -0.148. The highest BCUT2D eigenvalue weighted by Crippen LogP contribution is 2.23. The molecule has 0 unspecified atom stereocenters. The summed E-state index contributed by atoms with van der Waals surface area (Å²) in [5.74, 6) is -1.42. The van der Waals surface area contributed by atoms with Crippen molar-refractivity contribution in [3.05, 3.63) is 79.4 Å². The highest BCUT2D eigenvalue weighted by Gasteiger charge is 2.18. The second kappa shape index (κ2) is 8.55. The van der Waals surface area contributed by atoms with Crippen LogP contribution in [-0.2, 0) is 16.1 Å². The van der Waals surface area contributed by atoms with Crippen LogP contribution in [0.1, 0.15) is 17.3 Å². The van der Waals surface area contributed by atoms with E-state index in [1.165, 1.54) is 28.8 Å². The Morgan fingerprint density at radius 1 is 1.25 bits per heavy atom. The minimum Gasteiger partial charge on any atom is -0.465 e. The predicted molar refractivity (Wildman–Crippen MR) is 115 cm³/mol. The largest absolute Gasteiger partial charge is 0.465 e. The molecular formula is C21H15N3O7S. The van der Waals surface area contributed by atoms with E-state index < -0.39 is 22.2 Å². The Kier molecular flexibility index (Phi) is 5.65. The monoisotopic (exact) mass is 453 g/mol.